The number of carboxylic acids is 2. The van der Waals surface area contributed by atoms with Gasteiger partial charge in [-0.15, -0.1) is 0 Å². The van der Waals surface area contributed by atoms with Crippen molar-refractivity contribution in [3.8, 4) is 0 Å². The Morgan fingerprint density at radius 1 is 1.35 bits per heavy atom. The van der Waals surface area contributed by atoms with E-state index in [0.29, 0.717) is 0 Å². The highest BCUT2D eigenvalue weighted by Crippen LogP contribution is 2.07. The average Bonchev–Trinajstić information content (AvgIpc) is 2.73. The van der Waals surface area contributed by atoms with Gasteiger partial charge < -0.3 is 19.9 Å². The summed E-state index contributed by atoms with van der Waals surface area (Å²) in [5.74, 6) is -4.25. The number of carbonyl (C=O) groups is 3. The van der Waals surface area contributed by atoms with Crippen LogP contribution in [0.25, 0.3) is 0 Å². The number of carboxylic acid groups (broad SMARTS) is 2. The van der Waals surface area contributed by atoms with Gasteiger partial charge in [0.05, 0.1) is 6.54 Å². The summed E-state index contributed by atoms with van der Waals surface area (Å²) in [6.07, 6.45) is 0. The molecule has 17 heavy (non-hydrogen) atoms. The van der Waals surface area contributed by atoms with Crippen LogP contribution < -0.4 is 5.32 Å². The molecule has 0 saturated carbocycles. The molecule has 92 valence electrons. The van der Waals surface area contributed by atoms with E-state index < -0.39 is 23.8 Å². The van der Waals surface area contributed by atoms with Gasteiger partial charge >= 0.3 is 11.9 Å². The van der Waals surface area contributed by atoms with Crippen molar-refractivity contribution in [3.05, 3.63) is 23.7 Å². The van der Waals surface area contributed by atoms with E-state index in [4.69, 9.17) is 14.6 Å². The van der Waals surface area contributed by atoms with E-state index in [1.807, 2.05) is 0 Å². The quantitative estimate of drug-likeness (QED) is 0.639. The molecule has 7 heteroatoms. The number of carbonyl (C=O) groups excluding carboxylic acids is 1. The van der Waals surface area contributed by atoms with Crippen LogP contribution in [0.3, 0.4) is 0 Å². The molecule has 1 heterocycles. The van der Waals surface area contributed by atoms with E-state index in [-0.39, 0.29) is 18.1 Å². The summed E-state index contributed by atoms with van der Waals surface area (Å²) < 4.78 is 4.87. The molecule has 0 aromatic carbocycles. The molecule has 1 rings (SSSR count). The first-order chi connectivity index (χ1) is 7.91. The molecule has 1 aromatic heterocycles. The zero-order chi connectivity index (χ0) is 13.0. The van der Waals surface area contributed by atoms with Crippen molar-refractivity contribution in [2.75, 3.05) is 0 Å². The van der Waals surface area contributed by atoms with Gasteiger partial charge in [0.25, 0.3) is 0 Å². The molecule has 7 nitrogen and oxygen atoms in total. The smallest absolute Gasteiger partial charge is 0.371 e. The monoisotopic (exact) mass is 241 g/mol. The first kappa shape index (κ1) is 12.8. The predicted octanol–water partition coefficient (Wildman–Crippen LogP) is 0.315. The molecule has 0 saturated heterocycles. The molecule has 1 amide bonds. The topological polar surface area (TPSA) is 117 Å². The van der Waals surface area contributed by atoms with Gasteiger partial charge in [-0.2, -0.15) is 0 Å². The summed E-state index contributed by atoms with van der Waals surface area (Å²) >= 11 is 0. The van der Waals surface area contributed by atoms with E-state index >= 15 is 0 Å². The highest BCUT2D eigenvalue weighted by atomic mass is 16.4. The molecule has 0 fully saturated rings. The second kappa shape index (κ2) is 5.15. The highest BCUT2D eigenvalue weighted by molar-refractivity contribution is 5.96. The van der Waals surface area contributed by atoms with Gasteiger partial charge in [-0.25, -0.2) is 4.79 Å². The minimum Gasteiger partial charge on any atom is -0.481 e. The third-order valence-corrected chi connectivity index (χ3v) is 2.07. The number of aromatic carboxylic acids is 1. The van der Waals surface area contributed by atoms with E-state index in [0.717, 1.165) is 0 Å². The van der Waals surface area contributed by atoms with Gasteiger partial charge in [0.15, 0.2) is 0 Å². The third kappa shape index (κ3) is 3.33. The lowest BCUT2D eigenvalue weighted by Crippen LogP contribution is -2.32. The largest absolute Gasteiger partial charge is 0.481 e. The lowest BCUT2D eigenvalue weighted by atomic mass is 10.2. The summed E-state index contributed by atoms with van der Waals surface area (Å²) in [5.41, 5.74) is 0. The van der Waals surface area contributed by atoms with Crippen LogP contribution in [0.4, 0.5) is 0 Å². The Kier molecular flexibility index (Phi) is 3.86. The molecular formula is C10H11NO6. The normalized spacial score (nSPS) is 11.8. The Balaban J connectivity index is 2.53. The Morgan fingerprint density at radius 2 is 2.00 bits per heavy atom. The van der Waals surface area contributed by atoms with Gasteiger partial charge in [-0.1, -0.05) is 0 Å². The van der Waals surface area contributed by atoms with Crippen LogP contribution in [0.1, 0.15) is 23.2 Å². The molecule has 1 aromatic rings. The van der Waals surface area contributed by atoms with Crippen LogP contribution in [-0.4, -0.2) is 28.1 Å². The van der Waals surface area contributed by atoms with Gasteiger partial charge in [-0.3, -0.25) is 9.59 Å². The molecule has 1 atom stereocenters. The van der Waals surface area contributed by atoms with Crippen molar-refractivity contribution in [2.24, 2.45) is 5.92 Å². The Bertz CT molecular complexity index is 449. The first-order valence-electron chi connectivity index (χ1n) is 4.74. The SMILES string of the molecule is CC(C(=O)O)C(=O)NCc1ccc(C(=O)O)o1. The maximum absolute atomic E-state index is 11.2. The number of furan rings is 1. The molecule has 0 aliphatic rings. The molecule has 0 bridgehead atoms. The Morgan fingerprint density at radius 3 is 2.47 bits per heavy atom. The summed E-state index contributed by atoms with van der Waals surface area (Å²) in [7, 11) is 0. The minimum atomic E-state index is -1.23. The molecular weight excluding hydrogens is 230 g/mol. The van der Waals surface area contributed by atoms with Crippen LogP contribution in [0, 0.1) is 5.92 Å². The summed E-state index contributed by atoms with van der Waals surface area (Å²) in [4.78, 5) is 32.2. The van der Waals surface area contributed by atoms with E-state index in [1.54, 1.807) is 0 Å². The highest BCUT2D eigenvalue weighted by Gasteiger charge is 2.20. The van der Waals surface area contributed by atoms with Crippen molar-refractivity contribution in [1.29, 1.82) is 0 Å². The van der Waals surface area contributed by atoms with Crippen molar-refractivity contribution >= 4 is 17.8 Å². The molecule has 0 aliphatic carbocycles. The fourth-order valence-corrected chi connectivity index (χ4v) is 1.03. The molecule has 0 radical (unpaired) electrons. The van der Waals surface area contributed by atoms with Gasteiger partial charge in [-0.05, 0) is 19.1 Å². The molecule has 3 N–H and O–H groups in total. The van der Waals surface area contributed by atoms with Crippen LogP contribution in [-0.2, 0) is 16.1 Å². The number of aliphatic carboxylic acids is 1. The number of rotatable bonds is 5. The second-order valence-corrected chi connectivity index (χ2v) is 3.35. The molecule has 0 spiro atoms. The van der Waals surface area contributed by atoms with Gasteiger partial charge in [0.2, 0.25) is 11.7 Å². The van der Waals surface area contributed by atoms with Crippen molar-refractivity contribution < 1.29 is 29.0 Å². The summed E-state index contributed by atoms with van der Waals surface area (Å²) in [6.45, 7) is 1.20. The van der Waals surface area contributed by atoms with Gasteiger partial charge in [0, 0.05) is 0 Å². The van der Waals surface area contributed by atoms with E-state index in [1.165, 1.54) is 19.1 Å². The van der Waals surface area contributed by atoms with Crippen molar-refractivity contribution in [3.63, 3.8) is 0 Å². The van der Waals surface area contributed by atoms with E-state index in [2.05, 4.69) is 5.32 Å². The van der Waals surface area contributed by atoms with Gasteiger partial charge in [0.1, 0.15) is 11.7 Å². The Hall–Kier alpha value is -2.31. The second-order valence-electron chi connectivity index (χ2n) is 3.35. The lowest BCUT2D eigenvalue weighted by Gasteiger charge is -2.06. The Labute approximate surface area is 96.0 Å². The zero-order valence-corrected chi connectivity index (χ0v) is 8.97. The number of hydrogen-bond donors (Lipinski definition) is 3. The van der Waals surface area contributed by atoms with Crippen molar-refractivity contribution in [1.82, 2.24) is 5.32 Å². The average molecular weight is 241 g/mol. The fourth-order valence-electron chi connectivity index (χ4n) is 1.03. The minimum absolute atomic E-state index is 0.0519. The lowest BCUT2D eigenvalue weighted by molar-refractivity contribution is -0.146. The number of hydrogen-bond acceptors (Lipinski definition) is 4. The zero-order valence-electron chi connectivity index (χ0n) is 8.97. The van der Waals surface area contributed by atoms with E-state index in [9.17, 15) is 14.4 Å². The van der Waals surface area contributed by atoms with Crippen LogP contribution >= 0.6 is 0 Å². The van der Waals surface area contributed by atoms with Crippen LogP contribution in [0.15, 0.2) is 16.5 Å². The maximum Gasteiger partial charge on any atom is 0.371 e. The maximum atomic E-state index is 11.2. The standard InChI is InChI=1S/C10H11NO6/c1-5(9(13)14)8(12)11-4-6-2-3-7(17-6)10(15)16/h2-3,5H,4H2,1H3,(H,11,12)(H,13,14)(H,15,16). The van der Waals surface area contributed by atoms with Crippen LogP contribution in [0.5, 0.6) is 0 Å². The summed E-state index contributed by atoms with van der Waals surface area (Å²) in [6, 6.07) is 2.65. The number of nitrogens with one attached hydrogen (secondary N) is 1. The molecule has 0 aliphatic heterocycles. The summed E-state index contributed by atoms with van der Waals surface area (Å²) in [5, 5.41) is 19.5. The number of amides is 1. The van der Waals surface area contributed by atoms with Crippen molar-refractivity contribution in [2.45, 2.75) is 13.5 Å². The first-order valence-corrected chi connectivity index (χ1v) is 4.74. The van der Waals surface area contributed by atoms with Crippen LogP contribution in [0.2, 0.25) is 0 Å². The molecule has 1 unspecified atom stereocenters. The fraction of sp³-hybridized carbons (Fsp3) is 0.300. The predicted molar refractivity (Wildman–Crippen MR) is 54.3 cm³/mol. The third-order valence-electron chi connectivity index (χ3n) is 2.07.